The number of aromatic nitrogens is 2. The van der Waals surface area contributed by atoms with Gasteiger partial charge in [0.15, 0.2) is 0 Å². The van der Waals surface area contributed by atoms with E-state index in [2.05, 4.69) is 4.57 Å². The topological polar surface area (TPSA) is 84.7 Å². The number of carbonyl (C=O) groups excluding carboxylic acids is 3. The van der Waals surface area contributed by atoms with Crippen LogP contribution in [0.3, 0.4) is 0 Å². The van der Waals surface area contributed by atoms with Crippen LogP contribution >= 0.6 is 0 Å². The molecule has 1 spiro atoms. The number of fused-ring (bicyclic) bond motifs is 1. The van der Waals surface area contributed by atoms with Gasteiger partial charge in [-0.1, -0.05) is 18.2 Å². The first kappa shape index (κ1) is 23.1. The summed E-state index contributed by atoms with van der Waals surface area (Å²) in [7, 11) is 1.37. The molecule has 0 saturated carbocycles. The van der Waals surface area contributed by atoms with E-state index in [1.807, 2.05) is 72.2 Å². The fraction of sp³-hybridized carbons (Fsp3) is 0.407. The Morgan fingerprint density at radius 1 is 1.11 bits per heavy atom. The normalized spacial score (nSPS) is 19.5. The maximum absolute atomic E-state index is 13.4. The average Bonchev–Trinajstić information content (AvgIpc) is 3.35. The van der Waals surface area contributed by atoms with Gasteiger partial charge in [-0.15, -0.1) is 0 Å². The first-order valence-corrected chi connectivity index (χ1v) is 12.1. The molecule has 2 aromatic carbocycles. The molecule has 2 aliphatic heterocycles. The van der Waals surface area contributed by atoms with E-state index in [9.17, 15) is 14.4 Å². The third kappa shape index (κ3) is 3.68. The number of likely N-dealkylation sites (tertiary alicyclic amines) is 2. The number of ether oxygens (including phenoxy) is 1. The highest BCUT2D eigenvalue weighted by atomic mass is 16.5. The summed E-state index contributed by atoms with van der Waals surface area (Å²) in [6.07, 6.45) is 1.29. The molecule has 0 N–H and O–H groups in total. The second kappa shape index (κ2) is 8.83. The summed E-state index contributed by atoms with van der Waals surface area (Å²) in [6.45, 7) is 5.39. The highest BCUT2D eigenvalue weighted by Gasteiger charge is 2.56. The van der Waals surface area contributed by atoms with Crippen LogP contribution in [-0.2, 0) is 14.3 Å². The number of piperidine rings is 1. The molecule has 2 aliphatic rings. The van der Waals surface area contributed by atoms with Crippen molar-refractivity contribution < 1.29 is 19.1 Å². The van der Waals surface area contributed by atoms with Crippen molar-refractivity contribution in [2.45, 2.75) is 38.6 Å². The van der Waals surface area contributed by atoms with Crippen LogP contribution in [-0.4, -0.2) is 69.4 Å². The number of para-hydroxylation sites is 1. The number of carbonyl (C=O) groups is 3. The van der Waals surface area contributed by atoms with Crippen molar-refractivity contribution in [3.05, 3.63) is 59.9 Å². The SMILES string of the molecule is CCN1C(=O)CC(C(=O)OC)C12CCN(C(=O)c1ccc3c(c1)nc(C)n3-c1ccccc1)CC2. The molecule has 2 saturated heterocycles. The number of benzene rings is 2. The van der Waals surface area contributed by atoms with Crippen LogP contribution in [0, 0.1) is 12.8 Å². The molecule has 3 aromatic rings. The number of aryl methyl sites for hydroxylation is 1. The van der Waals surface area contributed by atoms with Gasteiger partial charge >= 0.3 is 5.97 Å². The van der Waals surface area contributed by atoms with E-state index in [1.54, 1.807) is 0 Å². The molecule has 8 nitrogen and oxygen atoms in total. The number of rotatable bonds is 4. The van der Waals surface area contributed by atoms with E-state index in [0.29, 0.717) is 38.0 Å². The quantitative estimate of drug-likeness (QED) is 0.542. The molecule has 0 radical (unpaired) electrons. The summed E-state index contributed by atoms with van der Waals surface area (Å²) in [5, 5.41) is 0. The summed E-state index contributed by atoms with van der Waals surface area (Å²) in [6, 6.07) is 15.7. The predicted molar refractivity (Wildman–Crippen MR) is 131 cm³/mol. The van der Waals surface area contributed by atoms with Gasteiger partial charge in [0.2, 0.25) is 5.91 Å². The van der Waals surface area contributed by atoms with Crippen molar-refractivity contribution in [1.29, 1.82) is 0 Å². The lowest BCUT2D eigenvalue weighted by atomic mass is 9.76. The molecule has 0 aliphatic carbocycles. The summed E-state index contributed by atoms with van der Waals surface area (Å²) in [4.78, 5) is 46.9. The summed E-state index contributed by atoms with van der Waals surface area (Å²) >= 11 is 0. The third-order valence-electron chi connectivity index (χ3n) is 7.67. The molecule has 1 unspecified atom stereocenters. The van der Waals surface area contributed by atoms with Gasteiger partial charge in [0, 0.05) is 37.3 Å². The fourth-order valence-electron chi connectivity index (χ4n) is 5.98. The zero-order chi connectivity index (χ0) is 24.7. The molecule has 2 fully saturated rings. The van der Waals surface area contributed by atoms with E-state index < -0.39 is 11.5 Å². The Balaban J connectivity index is 1.38. The van der Waals surface area contributed by atoms with Gasteiger partial charge in [-0.05, 0) is 57.0 Å². The number of methoxy groups -OCH3 is 1. The average molecular weight is 475 g/mol. The van der Waals surface area contributed by atoms with Gasteiger partial charge in [0.25, 0.3) is 5.91 Å². The zero-order valence-corrected chi connectivity index (χ0v) is 20.4. The van der Waals surface area contributed by atoms with Crippen LogP contribution in [0.15, 0.2) is 48.5 Å². The Labute approximate surface area is 204 Å². The maximum atomic E-state index is 13.4. The van der Waals surface area contributed by atoms with Crippen molar-refractivity contribution in [2.24, 2.45) is 5.92 Å². The van der Waals surface area contributed by atoms with Crippen molar-refractivity contribution in [1.82, 2.24) is 19.4 Å². The molecule has 3 heterocycles. The Morgan fingerprint density at radius 2 is 1.83 bits per heavy atom. The number of hydrogen-bond acceptors (Lipinski definition) is 5. The highest BCUT2D eigenvalue weighted by Crippen LogP contribution is 2.44. The highest BCUT2D eigenvalue weighted by molar-refractivity contribution is 5.98. The Bertz CT molecular complexity index is 1290. The molecule has 1 atom stereocenters. The van der Waals surface area contributed by atoms with E-state index >= 15 is 0 Å². The second-order valence-corrected chi connectivity index (χ2v) is 9.35. The minimum atomic E-state index is -0.578. The number of imidazole rings is 1. The van der Waals surface area contributed by atoms with Gasteiger partial charge in [-0.2, -0.15) is 0 Å². The van der Waals surface area contributed by atoms with Gasteiger partial charge in [-0.25, -0.2) is 4.98 Å². The van der Waals surface area contributed by atoms with Crippen LogP contribution in [0.25, 0.3) is 16.7 Å². The lowest BCUT2D eigenvalue weighted by molar-refractivity contribution is -0.150. The first-order chi connectivity index (χ1) is 16.9. The number of nitrogens with zero attached hydrogens (tertiary/aromatic N) is 4. The molecular formula is C27H30N4O4. The third-order valence-corrected chi connectivity index (χ3v) is 7.67. The van der Waals surface area contributed by atoms with Gasteiger partial charge < -0.3 is 14.5 Å². The van der Waals surface area contributed by atoms with Crippen molar-refractivity contribution in [3.8, 4) is 5.69 Å². The second-order valence-electron chi connectivity index (χ2n) is 9.35. The van der Waals surface area contributed by atoms with Crippen LogP contribution in [0.2, 0.25) is 0 Å². The van der Waals surface area contributed by atoms with Gasteiger partial charge in [-0.3, -0.25) is 19.0 Å². The molecule has 2 amide bonds. The van der Waals surface area contributed by atoms with Crippen LogP contribution in [0.4, 0.5) is 0 Å². The van der Waals surface area contributed by atoms with Crippen LogP contribution in [0.1, 0.15) is 42.4 Å². The van der Waals surface area contributed by atoms with Crippen molar-refractivity contribution in [3.63, 3.8) is 0 Å². The van der Waals surface area contributed by atoms with Gasteiger partial charge in [0.1, 0.15) is 5.82 Å². The number of esters is 1. The van der Waals surface area contributed by atoms with Crippen molar-refractivity contribution in [2.75, 3.05) is 26.7 Å². The van der Waals surface area contributed by atoms with E-state index in [1.165, 1.54) is 7.11 Å². The summed E-state index contributed by atoms with van der Waals surface area (Å²) < 4.78 is 7.10. The Hall–Kier alpha value is -3.68. The Kier molecular flexibility index (Phi) is 5.83. The molecular weight excluding hydrogens is 444 g/mol. The monoisotopic (exact) mass is 474 g/mol. The minimum Gasteiger partial charge on any atom is -0.469 e. The van der Waals surface area contributed by atoms with Crippen LogP contribution in [0.5, 0.6) is 0 Å². The van der Waals surface area contributed by atoms with E-state index in [0.717, 1.165) is 22.5 Å². The summed E-state index contributed by atoms with van der Waals surface area (Å²) in [5.41, 5.74) is 2.76. The molecule has 182 valence electrons. The lowest BCUT2D eigenvalue weighted by Gasteiger charge is -2.46. The molecule has 35 heavy (non-hydrogen) atoms. The van der Waals surface area contributed by atoms with E-state index in [-0.39, 0.29) is 24.2 Å². The standard InChI is InChI=1S/C27H30N4O4/c1-4-30-24(32)17-21(26(34)35-3)27(30)12-14-29(15-13-27)25(33)19-10-11-23-22(16-19)28-18(2)31(23)20-8-6-5-7-9-20/h5-11,16,21H,4,12-15,17H2,1-3H3. The predicted octanol–water partition coefficient (Wildman–Crippen LogP) is 3.35. The Morgan fingerprint density at radius 3 is 2.49 bits per heavy atom. The number of hydrogen-bond donors (Lipinski definition) is 0. The first-order valence-electron chi connectivity index (χ1n) is 12.1. The fourth-order valence-corrected chi connectivity index (χ4v) is 5.98. The zero-order valence-electron chi connectivity index (χ0n) is 20.4. The van der Waals surface area contributed by atoms with E-state index in [4.69, 9.17) is 9.72 Å². The maximum Gasteiger partial charge on any atom is 0.311 e. The lowest BCUT2D eigenvalue weighted by Crippen LogP contribution is -2.58. The summed E-state index contributed by atoms with van der Waals surface area (Å²) in [5.74, 6) is -0.0503. The number of amides is 2. The largest absolute Gasteiger partial charge is 0.469 e. The smallest absolute Gasteiger partial charge is 0.311 e. The van der Waals surface area contributed by atoms with Crippen molar-refractivity contribution >= 4 is 28.8 Å². The molecule has 5 rings (SSSR count). The molecule has 0 bridgehead atoms. The van der Waals surface area contributed by atoms with Crippen LogP contribution < -0.4 is 0 Å². The molecule has 8 heteroatoms. The van der Waals surface area contributed by atoms with Gasteiger partial charge in [0.05, 0.1) is 29.6 Å². The molecule has 1 aromatic heterocycles. The minimum absolute atomic E-state index is 0.0162.